The van der Waals surface area contributed by atoms with Gasteiger partial charge in [0.25, 0.3) is 5.69 Å². The summed E-state index contributed by atoms with van der Waals surface area (Å²) in [6, 6.07) is 5.54. The first-order valence-corrected chi connectivity index (χ1v) is 7.50. The summed E-state index contributed by atoms with van der Waals surface area (Å²) >= 11 is 0. The highest BCUT2D eigenvalue weighted by molar-refractivity contribution is 7.62. The van der Waals surface area contributed by atoms with Gasteiger partial charge in [-0.25, -0.2) is 0 Å². The molecule has 0 aliphatic carbocycles. The van der Waals surface area contributed by atoms with Crippen LogP contribution in [0.2, 0.25) is 0 Å². The Bertz CT molecular complexity index is 487. The number of nitrogens with zero attached hydrogens (tertiary/aromatic N) is 1. The van der Waals surface area contributed by atoms with Gasteiger partial charge in [-0.3, -0.25) is 14.7 Å². The van der Waals surface area contributed by atoms with Crippen molar-refractivity contribution in [3.05, 3.63) is 34.4 Å². The molecule has 0 aliphatic heterocycles. The first-order valence-electron chi connectivity index (χ1n) is 5.96. The summed E-state index contributed by atoms with van der Waals surface area (Å²) in [5.74, 6) is 0. The Hall–Kier alpha value is -1.23. The zero-order chi connectivity index (χ0) is 14.6. The third-order valence-electron chi connectivity index (χ3n) is 2.06. The van der Waals surface area contributed by atoms with Crippen molar-refractivity contribution in [1.29, 1.82) is 0 Å². The van der Waals surface area contributed by atoms with Crippen LogP contribution in [0.4, 0.5) is 5.69 Å². The zero-order valence-electron chi connectivity index (χ0n) is 11.4. The Morgan fingerprint density at radius 3 is 2.11 bits per heavy atom. The van der Waals surface area contributed by atoms with Crippen LogP contribution in [0.3, 0.4) is 0 Å². The highest BCUT2D eigenvalue weighted by atomic mass is 31.2. The van der Waals surface area contributed by atoms with E-state index in [4.69, 9.17) is 9.05 Å². The summed E-state index contributed by atoms with van der Waals surface area (Å²) in [6.45, 7) is 6.92. The lowest BCUT2D eigenvalue weighted by atomic mass is 10.3. The Morgan fingerprint density at radius 1 is 1.16 bits per heavy atom. The number of hydrogen-bond donors (Lipinski definition) is 0. The van der Waals surface area contributed by atoms with E-state index in [1.807, 2.05) is 0 Å². The monoisotopic (exact) mass is 287 g/mol. The zero-order valence-corrected chi connectivity index (χ0v) is 12.3. The van der Waals surface area contributed by atoms with Crippen molar-refractivity contribution < 1.29 is 18.5 Å². The maximum absolute atomic E-state index is 12.7. The molecule has 0 heterocycles. The fourth-order valence-electron chi connectivity index (χ4n) is 1.48. The quantitative estimate of drug-likeness (QED) is 0.456. The van der Waals surface area contributed by atoms with Gasteiger partial charge >= 0.3 is 7.60 Å². The first-order chi connectivity index (χ1) is 8.74. The number of nitro groups is 1. The second-order valence-electron chi connectivity index (χ2n) is 4.58. The topological polar surface area (TPSA) is 78.7 Å². The number of rotatable bonds is 6. The second-order valence-corrected chi connectivity index (χ2v) is 6.52. The predicted octanol–water partition coefficient (Wildman–Crippen LogP) is 3.26. The van der Waals surface area contributed by atoms with E-state index in [2.05, 4.69) is 0 Å². The lowest BCUT2D eigenvalue weighted by Crippen LogP contribution is -2.17. The van der Waals surface area contributed by atoms with Crippen LogP contribution in [0.5, 0.6) is 0 Å². The van der Waals surface area contributed by atoms with Crippen molar-refractivity contribution in [3.8, 4) is 0 Å². The van der Waals surface area contributed by atoms with Gasteiger partial charge < -0.3 is 9.05 Å². The molecular weight excluding hydrogens is 269 g/mol. The normalized spacial score (nSPS) is 12.1. The third-order valence-corrected chi connectivity index (χ3v) is 4.36. The van der Waals surface area contributed by atoms with Crippen LogP contribution in [-0.4, -0.2) is 17.1 Å². The molecule has 0 amide bonds. The molecule has 1 rings (SSSR count). The SMILES string of the molecule is CC(C)OP(=O)(OC(C)C)c1cccc([N+](=O)[O-])c1. The van der Waals surface area contributed by atoms with E-state index in [0.717, 1.165) is 0 Å². The summed E-state index contributed by atoms with van der Waals surface area (Å²) in [6.07, 6.45) is -0.632. The van der Waals surface area contributed by atoms with E-state index in [9.17, 15) is 14.7 Å². The summed E-state index contributed by atoms with van der Waals surface area (Å²) < 4.78 is 23.5. The average Bonchev–Trinajstić information content (AvgIpc) is 2.26. The molecule has 0 unspecified atom stereocenters. The van der Waals surface area contributed by atoms with E-state index in [1.165, 1.54) is 24.3 Å². The standard InChI is InChI=1S/C12H18NO5P/c1-9(2)17-19(16,18-10(3)4)12-7-5-6-11(8-12)13(14)15/h5-10H,1-4H3. The van der Waals surface area contributed by atoms with Crippen LogP contribution in [0.15, 0.2) is 24.3 Å². The second kappa shape index (κ2) is 6.28. The fraction of sp³-hybridized carbons (Fsp3) is 0.500. The molecule has 0 bridgehead atoms. The first kappa shape index (κ1) is 15.8. The van der Waals surface area contributed by atoms with Gasteiger partial charge in [0, 0.05) is 12.1 Å². The van der Waals surface area contributed by atoms with Crippen molar-refractivity contribution in [2.45, 2.75) is 39.9 Å². The molecule has 6 nitrogen and oxygen atoms in total. The molecule has 0 spiro atoms. The molecule has 0 N–H and O–H groups in total. The summed E-state index contributed by atoms with van der Waals surface area (Å²) in [4.78, 5) is 10.2. The molecule has 1 aromatic carbocycles. The Labute approximate surface area is 112 Å². The maximum atomic E-state index is 12.7. The predicted molar refractivity (Wildman–Crippen MR) is 72.8 cm³/mol. The molecule has 0 aliphatic rings. The highest BCUT2D eigenvalue weighted by Gasteiger charge is 2.31. The molecule has 0 radical (unpaired) electrons. The van der Waals surface area contributed by atoms with Gasteiger partial charge in [0.1, 0.15) is 0 Å². The van der Waals surface area contributed by atoms with Crippen molar-refractivity contribution in [2.24, 2.45) is 0 Å². The lowest BCUT2D eigenvalue weighted by Gasteiger charge is -2.22. The van der Waals surface area contributed by atoms with E-state index >= 15 is 0 Å². The van der Waals surface area contributed by atoms with Crippen molar-refractivity contribution in [1.82, 2.24) is 0 Å². The third kappa shape index (κ3) is 4.42. The Kier molecular flexibility index (Phi) is 5.23. The van der Waals surface area contributed by atoms with E-state index in [1.54, 1.807) is 27.7 Å². The molecule has 0 aromatic heterocycles. The Morgan fingerprint density at radius 2 is 1.68 bits per heavy atom. The highest BCUT2D eigenvalue weighted by Crippen LogP contribution is 2.49. The summed E-state index contributed by atoms with van der Waals surface area (Å²) in [5, 5.41) is 11.0. The van der Waals surface area contributed by atoms with Crippen LogP contribution in [0.25, 0.3) is 0 Å². The van der Waals surface area contributed by atoms with Crippen LogP contribution >= 0.6 is 7.60 Å². The average molecular weight is 287 g/mol. The maximum Gasteiger partial charge on any atom is 0.362 e. The van der Waals surface area contributed by atoms with E-state index in [-0.39, 0.29) is 23.2 Å². The molecule has 106 valence electrons. The van der Waals surface area contributed by atoms with E-state index in [0.29, 0.717) is 0 Å². The van der Waals surface area contributed by atoms with Crippen molar-refractivity contribution >= 4 is 18.6 Å². The van der Waals surface area contributed by atoms with Gasteiger partial charge in [-0.05, 0) is 33.8 Å². The van der Waals surface area contributed by atoms with Gasteiger partial charge in [-0.2, -0.15) is 0 Å². The van der Waals surface area contributed by atoms with Crippen LogP contribution < -0.4 is 5.30 Å². The fourth-order valence-corrected chi connectivity index (χ4v) is 3.44. The van der Waals surface area contributed by atoms with Gasteiger partial charge in [0.15, 0.2) is 0 Å². The molecule has 1 aromatic rings. The van der Waals surface area contributed by atoms with E-state index < -0.39 is 12.5 Å². The summed E-state index contributed by atoms with van der Waals surface area (Å²) in [5.41, 5.74) is -0.141. The Balaban J connectivity index is 3.20. The smallest absolute Gasteiger partial charge is 0.302 e. The largest absolute Gasteiger partial charge is 0.362 e. The molecule has 0 saturated heterocycles. The molecular formula is C12H18NO5P. The number of nitro benzene ring substituents is 1. The van der Waals surface area contributed by atoms with Gasteiger partial charge in [-0.1, -0.05) is 6.07 Å². The number of non-ortho nitro benzene ring substituents is 1. The minimum Gasteiger partial charge on any atom is -0.302 e. The van der Waals surface area contributed by atoms with Crippen LogP contribution in [0.1, 0.15) is 27.7 Å². The lowest BCUT2D eigenvalue weighted by molar-refractivity contribution is -0.384. The molecule has 0 saturated carbocycles. The number of hydrogen-bond acceptors (Lipinski definition) is 5. The number of benzene rings is 1. The minimum absolute atomic E-state index is 0.141. The summed E-state index contributed by atoms with van der Waals surface area (Å²) in [7, 11) is -3.56. The van der Waals surface area contributed by atoms with Crippen molar-refractivity contribution in [3.63, 3.8) is 0 Å². The van der Waals surface area contributed by atoms with Crippen molar-refractivity contribution in [2.75, 3.05) is 0 Å². The molecule has 0 fully saturated rings. The van der Waals surface area contributed by atoms with Crippen LogP contribution in [0, 0.1) is 10.1 Å². The van der Waals surface area contributed by atoms with Crippen LogP contribution in [-0.2, 0) is 13.6 Å². The van der Waals surface area contributed by atoms with Gasteiger partial charge in [-0.15, -0.1) is 0 Å². The molecule has 19 heavy (non-hydrogen) atoms. The van der Waals surface area contributed by atoms with Gasteiger partial charge in [0.05, 0.1) is 22.4 Å². The van der Waals surface area contributed by atoms with Gasteiger partial charge in [0.2, 0.25) is 0 Å². The minimum atomic E-state index is -3.56. The molecule has 7 heteroatoms. The molecule has 0 atom stereocenters.